The first-order valence-corrected chi connectivity index (χ1v) is 6.79. The molecule has 17 heavy (non-hydrogen) atoms. The van der Waals surface area contributed by atoms with Gasteiger partial charge in [0.2, 0.25) is 0 Å². The standard InChI is InChI=1S/C14H21ClN2/c1-17(13-5-3-2-4-6-13)10-11-7-8-12(16)9-14(11)15/h7-9,13H,2-6,10,16H2,1H3. The van der Waals surface area contributed by atoms with E-state index in [-0.39, 0.29) is 0 Å². The number of nitrogens with two attached hydrogens (primary N) is 1. The van der Waals surface area contributed by atoms with Crippen molar-refractivity contribution in [3.63, 3.8) is 0 Å². The summed E-state index contributed by atoms with van der Waals surface area (Å²) in [5, 5.41) is 0.785. The highest BCUT2D eigenvalue weighted by Crippen LogP contribution is 2.25. The first kappa shape index (κ1) is 12.7. The molecule has 0 aromatic heterocycles. The lowest BCUT2D eigenvalue weighted by molar-refractivity contribution is 0.184. The summed E-state index contributed by atoms with van der Waals surface area (Å²) in [6.07, 6.45) is 6.77. The number of anilines is 1. The number of nitrogens with zero attached hydrogens (tertiary/aromatic N) is 1. The lowest BCUT2D eigenvalue weighted by Crippen LogP contribution is -2.32. The number of nitrogen functional groups attached to an aromatic ring is 1. The van der Waals surface area contributed by atoms with Crippen LogP contribution in [0.5, 0.6) is 0 Å². The molecule has 0 bridgehead atoms. The molecule has 3 heteroatoms. The van der Waals surface area contributed by atoms with E-state index in [1.807, 2.05) is 18.2 Å². The lowest BCUT2D eigenvalue weighted by Gasteiger charge is -2.31. The van der Waals surface area contributed by atoms with E-state index in [2.05, 4.69) is 11.9 Å². The van der Waals surface area contributed by atoms with E-state index in [0.717, 1.165) is 23.3 Å². The Balaban J connectivity index is 1.99. The van der Waals surface area contributed by atoms with Crippen molar-refractivity contribution in [1.82, 2.24) is 4.90 Å². The first-order chi connectivity index (χ1) is 8.16. The van der Waals surface area contributed by atoms with Gasteiger partial charge in [0.05, 0.1) is 0 Å². The third-order valence-corrected chi connectivity index (χ3v) is 4.05. The molecule has 0 unspecified atom stereocenters. The van der Waals surface area contributed by atoms with Gasteiger partial charge in [-0.1, -0.05) is 36.9 Å². The summed E-state index contributed by atoms with van der Waals surface area (Å²) >= 11 is 6.21. The molecule has 0 saturated heterocycles. The van der Waals surface area contributed by atoms with Gasteiger partial charge in [-0.05, 0) is 37.6 Å². The molecule has 1 aliphatic rings. The van der Waals surface area contributed by atoms with Crippen molar-refractivity contribution < 1.29 is 0 Å². The van der Waals surface area contributed by atoms with Gasteiger partial charge in [-0.15, -0.1) is 0 Å². The molecular formula is C14H21ClN2. The van der Waals surface area contributed by atoms with Crippen molar-refractivity contribution in [1.29, 1.82) is 0 Å². The Morgan fingerprint density at radius 1 is 1.29 bits per heavy atom. The van der Waals surface area contributed by atoms with Gasteiger partial charge in [-0.25, -0.2) is 0 Å². The molecule has 1 aromatic rings. The van der Waals surface area contributed by atoms with Crippen LogP contribution < -0.4 is 5.73 Å². The Kier molecular flexibility index (Phi) is 4.30. The molecule has 0 amide bonds. The van der Waals surface area contributed by atoms with Crippen LogP contribution in [0.3, 0.4) is 0 Å². The summed E-state index contributed by atoms with van der Waals surface area (Å²) in [5.74, 6) is 0. The van der Waals surface area contributed by atoms with Crippen molar-refractivity contribution in [3.05, 3.63) is 28.8 Å². The quantitative estimate of drug-likeness (QED) is 0.832. The van der Waals surface area contributed by atoms with Crippen LogP contribution in [0.15, 0.2) is 18.2 Å². The molecule has 0 heterocycles. The van der Waals surface area contributed by atoms with Crippen molar-refractivity contribution in [3.8, 4) is 0 Å². The van der Waals surface area contributed by atoms with Crippen LogP contribution in [-0.4, -0.2) is 18.0 Å². The minimum atomic E-state index is 0.720. The zero-order chi connectivity index (χ0) is 12.3. The second-order valence-electron chi connectivity index (χ2n) is 5.06. The molecule has 2 N–H and O–H groups in total. The Hall–Kier alpha value is -0.730. The predicted molar refractivity (Wildman–Crippen MR) is 74.2 cm³/mol. The number of hydrogen-bond acceptors (Lipinski definition) is 2. The maximum Gasteiger partial charge on any atom is 0.0471 e. The van der Waals surface area contributed by atoms with E-state index in [9.17, 15) is 0 Å². The molecule has 1 aromatic carbocycles. The highest BCUT2D eigenvalue weighted by molar-refractivity contribution is 6.31. The molecule has 94 valence electrons. The van der Waals surface area contributed by atoms with Gasteiger partial charge in [0.1, 0.15) is 0 Å². The van der Waals surface area contributed by atoms with Gasteiger partial charge in [0.15, 0.2) is 0 Å². The van der Waals surface area contributed by atoms with Gasteiger partial charge in [0, 0.05) is 23.3 Å². The molecular weight excluding hydrogens is 232 g/mol. The molecule has 2 rings (SSSR count). The van der Waals surface area contributed by atoms with Crippen molar-refractivity contribution >= 4 is 17.3 Å². The molecule has 1 aliphatic carbocycles. The number of halogens is 1. The molecule has 0 radical (unpaired) electrons. The Bertz CT molecular complexity index is 372. The normalized spacial score (nSPS) is 17.6. The van der Waals surface area contributed by atoms with E-state index in [1.54, 1.807) is 0 Å². The fourth-order valence-corrected chi connectivity index (χ4v) is 2.86. The van der Waals surface area contributed by atoms with E-state index < -0.39 is 0 Å². The van der Waals surface area contributed by atoms with Crippen LogP contribution in [-0.2, 0) is 6.54 Å². The average Bonchev–Trinajstić information content (AvgIpc) is 2.34. The van der Waals surface area contributed by atoms with Crippen LogP contribution in [0.2, 0.25) is 5.02 Å². The summed E-state index contributed by atoms with van der Waals surface area (Å²) in [6, 6.07) is 6.52. The van der Waals surface area contributed by atoms with Crippen LogP contribution >= 0.6 is 11.6 Å². The topological polar surface area (TPSA) is 29.3 Å². The van der Waals surface area contributed by atoms with Crippen LogP contribution in [0.4, 0.5) is 5.69 Å². The summed E-state index contributed by atoms with van der Waals surface area (Å²) in [6.45, 7) is 0.920. The van der Waals surface area contributed by atoms with Crippen molar-refractivity contribution in [2.24, 2.45) is 0 Å². The monoisotopic (exact) mass is 252 g/mol. The maximum atomic E-state index is 6.21. The Morgan fingerprint density at radius 3 is 2.65 bits per heavy atom. The van der Waals surface area contributed by atoms with Gasteiger partial charge in [-0.3, -0.25) is 4.90 Å². The number of rotatable bonds is 3. The minimum Gasteiger partial charge on any atom is -0.399 e. The largest absolute Gasteiger partial charge is 0.399 e. The summed E-state index contributed by atoms with van der Waals surface area (Å²) < 4.78 is 0. The summed E-state index contributed by atoms with van der Waals surface area (Å²) in [4.78, 5) is 2.43. The first-order valence-electron chi connectivity index (χ1n) is 6.41. The third kappa shape index (κ3) is 3.36. The van der Waals surface area contributed by atoms with Crippen molar-refractivity contribution in [2.45, 2.75) is 44.7 Å². The molecule has 0 aliphatic heterocycles. The van der Waals surface area contributed by atoms with E-state index in [4.69, 9.17) is 17.3 Å². The highest BCUT2D eigenvalue weighted by Gasteiger charge is 2.18. The van der Waals surface area contributed by atoms with E-state index in [1.165, 1.54) is 37.7 Å². The van der Waals surface area contributed by atoms with Crippen molar-refractivity contribution in [2.75, 3.05) is 12.8 Å². The molecule has 1 fully saturated rings. The number of benzene rings is 1. The second-order valence-corrected chi connectivity index (χ2v) is 5.46. The van der Waals surface area contributed by atoms with Gasteiger partial charge in [0.25, 0.3) is 0 Å². The zero-order valence-corrected chi connectivity index (χ0v) is 11.2. The Morgan fingerprint density at radius 2 is 2.00 bits per heavy atom. The molecule has 2 nitrogen and oxygen atoms in total. The third-order valence-electron chi connectivity index (χ3n) is 3.69. The maximum absolute atomic E-state index is 6.21. The predicted octanol–water partition coefficient (Wildman–Crippen LogP) is 3.69. The fraction of sp³-hybridized carbons (Fsp3) is 0.571. The molecule has 0 atom stereocenters. The van der Waals surface area contributed by atoms with Gasteiger partial charge < -0.3 is 5.73 Å². The second kappa shape index (κ2) is 5.74. The summed E-state index contributed by atoms with van der Waals surface area (Å²) in [5.41, 5.74) is 7.61. The number of hydrogen-bond donors (Lipinski definition) is 1. The van der Waals surface area contributed by atoms with E-state index in [0.29, 0.717) is 0 Å². The fourth-order valence-electron chi connectivity index (χ4n) is 2.61. The lowest BCUT2D eigenvalue weighted by atomic mass is 9.94. The zero-order valence-electron chi connectivity index (χ0n) is 10.5. The SMILES string of the molecule is CN(Cc1ccc(N)cc1Cl)C1CCCCC1. The highest BCUT2D eigenvalue weighted by atomic mass is 35.5. The Labute approximate surface area is 109 Å². The van der Waals surface area contributed by atoms with Crippen LogP contribution in [0.25, 0.3) is 0 Å². The van der Waals surface area contributed by atoms with E-state index >= 15 is 0 Å². The minimum absolute atomic E-state index is 0.720. The van der Waals surface area contributed by atoms with Crippen LogP contribution in [0.1, 0.15) is 37.7 Å². The van der Waals surface area contributed by atoms with Gasteiger partial charge in [-0.2, -0.15) is 0 Å². The summed E-state index contributed by atoms with van der Waals surface area (Å²) in [7, 11) is 2.20. The molecule has 0 spiro atoms. The molecule has 1 saturated carbocycles. The average molecular weight is 253 g/mol. The van der Waals surface area contributed by atoms with Gasteiger partial charge >= 0.3 is 0 Å². The van der Waals surface area contributed by atoms with Crippen LogP contribution in [0, 0.1) is 0 Å². The smallest absolute Gasteiger partial charge is 0.0471 e.